The number of hydrogen-bond acceptors (Lipinski definition) is 5. The van der Waals surface area contributed by atoms with Crippen molar-refractivity contribution in [3.8, 4) is 0 Å². The zero-order valence-corrected chi connectivity index (χ0v) is 23.6. The molecule has 2 heterocycles. The molecule has 0 unspecified atom stereocenters. The Morgan fingerprint density at radius 2 is 1.76 bits per heavy atom. The van der Waals surface area contributed by atoms with E-state index in [9.17, 15) is 9.00 Å². The maximum atomic E-state index is 12.6. The van der Waals surface area contributed by atoms with Crippen LogP contribution in [0.4, 0.5) is 4.79 Å². The van der Waals surface area contributed by atoms with Gasteiger partial charge in [-0.25, -0.2) is 13.7 Å². The summed E-state index contributed by atoms with van der Waals surface area (Å²) in [7, 11) is 1.04. The summed E-state index contributed by atoms with van der Waals surface area (Å²) in [5, 5.41) is 0. The molecule has 1 amide bonds. The van der Waals surface area contributed by atoms with Crippen molar-refractivity contribution in [1.82, 2.24) is 14.5 Å². The van der Waals surface area contributed by atoms with Gasteiger partial charge in [0.15, 0.2) is 0 Å². The fourth-order valence-corrected chi connectivity index (χ4v) is 5.86. The topological polar surface area (TPSA) is 71.1 Å². The molecule has 8 heteroatoms. The van der Waals surface area contributed by atoms with Crippen LogP contribution in [0.15, 0.2) is 54.6 Å². The molecule has 7 nitrogen and oxygen atoms in total. The lowest BCUT2D eigenvalue weighted by Gasteiger charge is -2.53. The highest BCUT2D eigenvalue weighted by molar-refractivity contribution is 7.84. The number of benzene rings is 2. The fourth-order valence-electron chi connectivity index (χ4n) is 5.05. The molecule has 37 heavy (non-hydrogen) atoms. The van der Waals surface area contributed by atoms with E-state index in [0.717, 1.165) is 24.0 Å². The number of carbonyl (C=O) groups is 1. The van der Waals surface area contributed by atoms with Crippen LogP contribution in [0.5, 0.6) is 0 Å². The van der Waals surface area contributed by atoms with Crippen LogP contribution in [0.25, 0.3) is 0 Å². The third-order valence-corrected chi connectivity index (χ3v) is 9.34. The summed E-state index contributed by atoms with van der Waals surface area (Å²) in [6.45, 7) is 11.0. The van der Waals surface area contributed by atoms with Gasteiger partial charge < -0.3 is 14.4 Å². The number of likely N-dealkylation sites (tertiary alicyclic amines) is 1. The minimum Gasteiger partial charge on any atom is -0.445 e. The van der Waals surface area contributed by atoms with Gasteiger partial charge in [-0.05, 0) is 64.3 Å². The Kier molecular flexibility index (Phi) is 8.74. The number of ether oxygens (including phenoxy) is 2. The highest BCUT2D eigenvalue weighted by Crippen LogP contribution is 2.40. The maximum Gasteiger partial charge on any atom is 0.410 e. The van der Waals surface area contributed by atoms with Gasteiger partial charge in [-0.15, -0.1) is 0 Å². The van der Waals surface area contributed by atoms with Crippen molar-refractivity contribution < 1.29 is 18.5 Å². The number of hydrogen-bond donors (Lipinski definition) is 1. The van der Waals surface area contributed by atoms with Gasteiger partial charge in [0.1, 0.15) is 6.61 Å². The van der Waals surface area contributed by atoms with Gasteiger partial charge in [0.25, 0.3) is 0 Å². The van der Waals surface area contributed by atoms with Crippen molar-refractivity contribution in [2.45, 2.75) is 69.5 Å². The van der Waals surface area contributed by atoms with Crippen molar-refractivity contribution in [3.63, 3.8) is 0 Å². The summed E-state index contributed by atoms with van der Waals surface area (Å²) in [6.07, 6.45) is 1.55. The van der Waals surface area contributed by atoms with Crippen LogP contribution in [0.3, 0.4) is 0 Å². The van der Waals surface area contributed by atoms with Gasteiger partial charge in [-0.2, -0.15) is 0 Å². The summed E-state index contributed by atoms with van der Waals surface area (Å²) in [5.41, 5.74) is 3.22. The number of likely N-dealkylation sites (N-methyl/N-ethyl adjacent to an activating group) is 1. The van der Waals surface area contributed by atoms with Crippen LogP contribution >= 0.6 is 0 Å². The zero-order chi connectivity index (χ0) is 26.6. The molecule has 2 fully saturated rings. The lowest BCUT2D eigenvalue weighted by molar-refractivity contribution is -0.0714. The van der Waals surface area contributed by atoms with Crippen molar-refractivity contribution in [3.05, 3.63) is 71.3 Å². The van der Waals surface area contributed by atoms with Gasteiger partial charge in [0.2, 0.25) is 0 Å². The first-order valence-corrected chi connectivity index (χ1v) is 14.3. The second kappa shape index (κ2) is 11.6. The average Bonchev–Trinajstić information content (AvgIpc) is 2.87. The van der Waals surface area contributed by atoms with E-state index < -0.39 is 11.0 Å². The van der Waals surface area contributed by atoms with E-state index in [4.69, 9.17) is 9.47 Å². The zero-order valence-electron chi connectivity index (χ0n) is 22.7. The van der Waals surface area contributed by atoms with Gasteiger partial charge in [-0.3, -0.25) is 4.90 Å². The normalized spacial score (nSPS) is 19.8. The van der Waals surface area contributed by atoms with Gasteiger partial charge in [-0.1, -0.05) is 54.6 Å². The molecule has 0 aromatic heterocycles. The van der Waals surface area contributed by atoms with Crippen molar-refractivity contribution >= 4 is 17.1 Å². The Hall–Kier alpha value is -2.26. The summed E-state index contributed by atoms with van der Waals surface area (Å²) < 4.78 is 26.7. The van der Waals surface area contributed by atoms with Crippen LogP contribution in [-0.4, -0.2) is 64.2 Å². The summed E-state index contributed by atoms with van der Waals surface area (Å²) in [6, 6.07) is 18.7. The minimum atomic E-state index is -1.13. The molecule has 1 N–H and O–H groups in total. The molecule has 4 rings (SSSR count). The van der Waals surface area contributed by atoms with E-state index in [-0.39, 0.29) is 28.5 Å². The van der Waals surface area contributed by atoms with Crippen LogP contribution in [0.2, 0.25) is 0 Å². The molecule has 0 aliphatic carbocycles. The second-order valence-electron chi connectivity index (χ2n) is 11.2. The number of nitrogens with one attached hydrogen (secondary N) is 1. The van der Waals surface area contributed by atoms with E-state index >= 15 is 0 Å². The largest absolute Gasteiger partial charge is 0.445 e. The third-order valence-electron chi connectivity index (χ3n) is 7.66. The van der Waals surface area contributed by atoms with Gasteiger partial charge >= 0.3 is 6.09 Å². The van der Waals surface area contributed by atoms with Crippen LogP contribution in [0.1, 0.15) is 63.3 Å². The number of nitrogens with zero attached hydrogens (tertiary/aromatic N) is 2. The van der Waals surface area contributed by atoms with Crippen molar-refractivity contribution in [2.75, 3.05) is 33.4 Å². The molecule has 2 aliphatic heterocycles. The molecule has 2 aliphatic rings. The van der Waals surface area contributed by atoms with E-state index in [0.29, 0.717) is 32.9 Å². The highest BCUT2D eigenvalue weighted by Gasteiger charge is 2.45. The Morgan fingerprint density at radius 1 is 1.14 bits per heavy atom. The summed E-state index contributed by atoms with van der Waals surface area (Å²) >= 11 is 0. The molecular formula is C29H41N3O4S. The molecular weight excluding hydrogens is 486 g/mol. The first kappa shape index (κ1) is 27.8. The second-order valence-corrected chi connectivity index (χ2v) is 13.2. The van der Waals surface area contributed by atoms with E-state index in [1.54, 1.807) is 4.90 Å². The molecule has 0 spiro atoms. The Labute approximate surface area is 224 Å². The Bertz CT molecular complexity index is 1060. The van der Waals surface area contributed by atoms with Gasteiger partial charge in [0, 0.05) is 38.4 Å². The molecule has 2 aromatic carbocycles. The molecule has 0 saturated carbocycles. The summed E-state index contributed by atoms with van der Waals surface area (Å²) in [5.74, 6) is 0. The third kappa shape index (κ3) is 6.42. The van der Waals surface area contributed by atoms with E-state index in [2.05, 4.69) is 47.9 Å². The molecule has 0 radical (unpaired) electrons. The van der Waals surface area contributed by atoms with Crippen LogP contribution in [-0.2, 0) is 32.6 Å². The number of amides is 1. The molecule has 2 atom stereocenters. The predicted octanol–water partition coefficient (Wildman–Crippen LogP) is 4.76. The average molecular weight is 528 g/mol. The quantitative estimate of drug-likeness (QED) is 0.536. The Balaban J connectivity index is 1.39. The lowest BCUT2D eigenvalue weighted by atomic mass is 9.79. The lowest BCUT2D eigenvalue weighted by Crippen LogP contribution is -2.65. The highest BCUT2D eigenvalue weighted by atomic mass is 32.2. The molecule has 0 bridgehead atoms. The number of carbonyl (C=O) groups excluding carboxylic acids is 1. The maximum absolute atomic E-state index is 12.6. The summed E-state index contributed by atoms with van der Waals surface area (Å²) in [4.78, 5) is 16.8. The van der Waals surface area contributed by atoms with Gasteiger partial charge in [0.05, 0.1) is 21.3 Å². The molecule has 2 aromatic rings. The monoisotopic (exact) mass is 527 g/mol. The number of rotatable bonds is 8. The fraction of sp³-hybridized carbons (Fsp3) is 0.552. The van der Waals surface area contributed by atoms with E-state index in [1.165, 1.54) is 5.56 Å². The SMILES string of the molecule is C[C@H](N[S@@](=O)C(C)(C)C)c1ccc(C2(N(C)C3CN(C(=O)OCc4ccccc4)C3)CCOCC2)cc1. The smallest absolute Gasteiger partial charge is 0.410 e. The minimum absolute atomic E-state index is 0.0143. The standard InChI is InChI=1S/C29H41N3O4S/c1-22(30-37(34)28(2,3)4)24-11-13-25(14-12-24)29(15-17-35-18-16-29)31(5)26-19-32(20-26)27(33)36-21-23-9-7-6-8-10-23/h6-14,22,26,30H,15-21H2,1-5H3/t22-,37-/m0/s1. The predicted molar refractivity (Wildman–Crippen MR) is 147 cm³/mol. The molecule has 2 saturated heterocycles. The first-order chi connectivity index (χ1) is 17.6. The first-order valence-electron chi connectivity index (χ1n) is 13.1. The van der Waals surface area contributed by atoms with Crippen LogP contribution < -0.4 is 4.72 Å². The van der Waals surface area contributed by atoms with E-state index in [1.807, 2.05) is 51.1 Å². The van der Waals surface area contributed by atoms with Crippen LogP contribution in [0, 0.1) is 0 Å². The Morgan fingerprint density at radius 3 is 2.35 bits per heavy atom. The van der Waals surface area contributed by atoms with Crippen molar-refractivity contribution in [1.29, 1.82) is 0 Å². The van der Waals surface area contributed by atoms with Crippen molar-refractivity contribution in [2.24, 2.45) is 0 Å². The molecule has 202 valence electrons.